The van der Waals surface area contributed by atoms with E-state index in [9.17, 15) is 0 Å². The third kappa shape index (κ3) is 1.87. The Bertz CT molecular complexity index is 792. The number of nitrogens with two attached hydrogens (primary N) is 1. The topological polar surface area (TPSA) is 65.4 Å². The first-order valence-electron chi connectivity index (χ1n) is 6.37. The van der Waals surface area contributed by atoms with E-state index in [4.69, 9.17) is 10.5 Å². The van der Waals surface area contributed by atoms with Crippen molar-refractivity contribution < 1.29 is 4.74 Å². The second-order valence-corrected chi connectivity index (χ2v) is 4.78. The number of nitrogens with zero attached hydrogens (tertiary/aromatic N) is 3. The van der Waals surface area contributed by atoms with Gasteiger partial charge in [-0.15, -0.1) is 5.10 Å². The highest BCUT2D eigenvalue weighted by Gasteiger charge is 2.12. The Kier molecular flexibility index (Phi) is 2.82. The summed E-state index contributed by atoms with van der Waals surface area (Å²) < 4.78 is 7.21. The summed E-state index contributed by atoms with van der Waals surface area (Å²) in [5.41, 5.74) is 10.7. The van der Waals surface area contributed by atoms with Gasteiger partial charge in [-0.3, -0.25) is 0 Å². The fourth-order valence-electron chi connectivity index (χ4n) is 2.41. The van der Waals surface area contributed by atoms with Crippen LogP contribution < -0.4 is 10.5 Å². The molecule has 2 aromatic heterocycles. The molecule has 5 heteroatoms. The molecule has 2 heterocycles. The number of aryl methyl sites for hydroxylation is 2. The van der Waals surface area contributed by atoms with Crippen LogP contribution >= 0.6 is 0 Å². The number of hydrogen-bond acceptors (Lipinski definition) is 4. The van der Waals surface area contributed by atoms with Gasteiger partial charge in [0.05, 0.1) is 7.11 Å². The van der Waals surface area contributed by atoms with Crippen LogP contribution in [0.5, 0.6) is 5.75 Å². The zero-order valence-electron chi connectivity index (χ0n) is 11.7. The number of fused-ring (bicyclic) bond motifs is 1. The van der Waals surface area contributed by atoms with E-state index >= 15 is 0 Å². The minimum Gasteiger partial charge on any atom is -0.496 e. The molecule has 0 aliphatic rings. The lowest BCUT2D eigenvalue weighted by molar-refractivity contribution is 0.416. The van der Waals surface area contributed by atoms with Gasteiger partial charge in [0.25, 0.3) is 0 Å². The first kappa shape index (κ1) is 12.5. The van der Waals surface area contributed by atoms with Crippen molar-refractivity contribution in [2.24, 2.45) is 0 Å². The number of pyridine rings is 1. The molecule has 0 aliphatic carbocycles. The Hall–Kier alpha value is -2.56. The summed E-state index contributed by atoms with van der Waals surface area (Å²) in [6, 6.07) is 10.0. The summed E-state index contributed by atoms with van der Waals surface area (Å²) in [4.78, 5) is 4.17. The maximum atomic E-state index is 5.66. The molecule has 5 nitrogen and oxygen atoms in total. The van der Waals surface area contributed by atoms with Gasteiger partial charge >= 0.3 is 0 Å². The van der Waals surface area contributed by atoms with Gasteiger partial charge in [-0.1, -0.05) is 11.6 Å². The van der Waals surface area contributed by atoms with E-state index in [0.717, 1.165) is 28.2 Å². The second kappa shape index (κ2) is 4.52. The van der Waals surface area contributed by atoms with Crippen LogP contribution in [-0.4, -0.2) is 21.7 Å². The van der Waals surface area contributed by atoms with Crippen molar-refractivity contribution in [2.75, 3.05) is 12.8 Å². The van der Waals surface area contributed by atoms with E-state index in [0.29, 0.717) is 0 Å². The minimum atomic E-state index is 0.279. The van der Waals surface area contributed by atoms with Gasteiger partial charge in [-0.05, 0) is 38.1 Å². The first-order chi connectivity index (χ1) is 9.60. The van der Waals surface area contributed by atoms with Crippen LogP contribution in [0.3, 0.4) is 0 Å². The molecule has 3 aromatic rings. The zero-order chi connectivity index (χ0) is 14.3. The Morgan fingerprint density at radius 2 is 1.90 bits per heavy atom. The van der Waals surface area contributed by atoms with Crippen molar-refractivity contribution in [3.63, 3.8) is 0 Å². The van der Waals surface area contributed by atoms with E-state index < -0.39 is 0 Å². The maximum Gasteiger partial charge on any atom is 0.240 e. The van der Waals surface area contributed by atoms with Crippen LogP contribution in [0.1, 0.15) is 11.3 Å². The van der Waals surface area contributed by atoms with Crippen molar-refractivity contribution in [1.29, 1.82) is 0 Å². The quantitative estimate of drug-likeness (QED) is 0.776. The molecule has 2 N–H and O–H groups in total. The van der Waals surface area contributed by atoms with Crippen molar-refractivity contribution in [3.05, 3.63) is 41.6 Å². The van der Waals surface area contributed by atoms with E-state index in [-0.39, 0.29) is 5.95 Å². The van der Waals surface area contributed by atoms with Gasteiger partial charge in [-0.25, -0.2) is 4.52 Å². The van der Waals surface area contributed by atoms with Gasteiger partial charge < -0.3 is 10.5 Å². The number of aromatic nitrogens is 3. The number of nitrogen functional groups attached to an aromatic ring is 1. The molecule has 0 saturated carbocycles. The molecule has 0 radical (unpaired) electrons. The molecule has 0 bridgehead atoms. The lowest BCUT2D eigenvalue weighted by atomic mass is 10.0. The third-order valence-corrected chi connectivity index (χ3v) is 3.40. The van der Waals surface area contributed by atoms with Crippen LogP contribution in [0.25, 0.3) is 16.8 Å². The van der Waals surface area contributed by atoms with Gasteiger partial charge in [0.1, 0.15) is 5.75 Å². The van der Waals surface area contributed by atoms with Crippen molar-refractivity contribution in [3.8, 4) is 16.9 Å². The molecular weight excluding hydrogens is 252 g/mol. The molecule has 20 heavy (non-hydrogen) atoms. The molecule has 1 aromatic carbocycles. The van der Waals surface area contributed by atoms with E-state index in [1.807, 2.05) is 31.2 Å². The Morgan fingerprint density at radius 3 is 2.65 bits per heavy atom. The number of anilines is 1. The van der Waals surface area contributed by atoms with Crippen LogP contribution in [0, 0.1) is 13.8 Å². The average molecular weight is 268 g/mol. The highest BCUT2D eigenvalue weighted by molar-refractivity contribution is 5.74. The molecule has 0 fully saturated rings. The van der Waals surface area contributed by atoms with Gasteiger partial charge in [0.2, 0.25) is 5.95 Å². The monoisotopic (exact) mass is 268 g/mol. The summed E-state index contributed by atoms with van der Waals surface area (Å²) in [5.74, 6) is 1.12. The number of ether oxygens (including phenoxy) is 1. The molecule has 102 valence electrons. The average Bonchev–Trinajstić information content (AvgIpc) is 2.81. The number of hydrogen-bond donors (Lipinski definition) is 1. The standard InChI is InChI=1S/C15H16N4O/c1-9-4-6-13(20-3)12(8-9)11-5-7-14-17-15(16)18-19(14)10(11)2/h4-8H,1-3H3,(H2,16,18). The van der Waals surface area contributed by atoms with Crippen molar-refractivity contribution in [1.82, 2.24) is 14.6 Å². The van der Waals surface area contributed by atoms with Crippen LogP contribution in [0.2, 0.25) is 0 Å². The summed E-state index contributed by atoms with van der Waals surface area (Å²) >= 11 is 0. The smallest absolute Gasteiger partial charge is 0.240 e. The van der Waals surface area contributed by atoms with Gasteiger partial charge in [-0.2, -0.15) is 4.98 Å². The number of methoxy groups -OCH3 is 1. The molecule has 0 atom stereocenters. The maximum absolute atomic E-state index is 5.66. The van der Waals surface area contributed by atoms with Crippen molar-refractivity contribution >= 4 is 11.6 Å². The molecule has 3 rings (SSSR count). The van der Waals surface area contributed by atoms with Crippen LogP contribution in [-0.2, 0) is 0 Å². The number of rotatable bonds is 2. The highest BCUT2D eigenvalue weighted by Crippen LogP contribution is 2.33. The summed E-state index contributed by atoms with van der Waals surface area (Å²) in [6.45, 7) is 4.06. The second-order valence-electron chi connectivity index (χ2n) is 4.78. The summed E-state index contributed by atoms with van der Waals surface area (Å²) in [6.07, 6.45) is 0. The van der Waals surface area contributed by atoms with E-state index in [1.165, 1.54) is 5.56 Å². The molecule has 0 unspecified atom stereocenters. The molecule has 0 aliphatic heterocycles. The Balaban J connectivity index is 2.29. The highest BCUT2D eigenvalue weighted by atomic mass is 16.5. The number of benzene rings is 1. The SMILES string of the molecule is COc1ccc(C)cc1-c1ccc2nc(N)nn2c1C. The molecule has 0 spiro atoms. The van der Waals surface area contributed by atoms with Crippen LogP contribution in [0.4, 0.5) is 5.95 Å². The predicted octanol–water partition coefficient (Wildman–Crippen LogP) is 2.60. The van der Waals surface area contributed by atoms with Crippen LogP contribution in [0.15, 0.2) is 30.3 Å². The molecular formula is C15H16N4O. The minimum absolute atomic E-state index is 0.279. The van der Waals surface area contributed by atoms with Gasteiger partial charge in [0.15, 0.2) is 5.65 Å². The summed E-state index contributed by atoms with van der Waals surface area (Å²) in [7, 11) is 1.68. The van der Waals surface area contributed by atoms with Crippen molar-refractivity contribution in [2.45, 2.75) is 13.8 Å². The fourth-order valence-corrected chi connectivity index (χ4v) is 2.41. The molecule has 0 saturated heterocycles. The Labute approximate surface area is 117 Å². The first-order valence-corrected chi connectivity index (χ1v) is 6.37. The lowest BCUT2D eigenvalue weighted by Gasteiger charge is -2.12. The third-order valence-electron chi connectivity index (χ3n) is 3.40. The predicted molar refractivity (Wildman–Crippen MR) is 78.9 cm³/mol. The van der Waals surface area contributed by atoms with Gasteiger partial charge in [0, 0.05) is 16.8 Å². The van der Waals surface area contributed by atoms with E-state index in [1.54, 1.807) is 11.6 Å². The molecule has 0 amide bonds. The zero-order valence-corrected chi connectivity index (χ0v) is 11.7. The Morgan fingerprint density at radius 1 is 1.10 bits per heavy atom. The normalized spacial score (nSPS) is 10.9. The largest absolute Gasteiger partial charge is 0.496 e. The summed E-state index contributed by atoms with van der Waals surface area (Å²) in [5, 5.41) is 4.22. The fraction of sp³-hybridized carbons (Fsp3) is 0.200. The lowest BCUT2D eigenvalue weighted by Crippen LogP contribution is -1.98. The van der Waals surface area contributed by atoms with E-state index in [2.05, 4.69) is 23.1 Å².